The number of aromatic nitrogens is 3. The van der Waals surface area contributed by atoms with Crippen LogP contribution in [0.4, 0.5) is 11.4 Å². The smallest absolute Gasteiger partial charge is 0.164 e. The van der Waals surface area contributed by atoms with Crippen molar-refractivity contribution in [2.75, 3.05) is 5.32 Å². The molecule has 0 radical (unpaired) electrons. The molecule has 0 fully saturated rings. The molecule has 4 nitrogen and oxygen atoms in total. The van der Waals surface area contributed by atoms with Gasteiger partial charge in [0.1, 0.15) is 0 Å². The summed E-state index contributed by atoms with van der Waals surface area (Å²) in [5.74, 6) is 1.98. The van der Waals surface area contributed by atoms with Crippen molar-refractivity contribution in [3.63, 3.8) is 0 Å². The van der Waals surface area contributed by atoms with Gasteiger partial charge in [0.2, 0.25) is 0 Å². The fraction of sp³-hybridized carbons (Fsp3) is 0.0833. The zero-order valence-corrected chi connectivity index (χ0v) is 22.5. The van der Waals surface area contributed by atoms with Gasteiger partial charge < -0.3 is 5.32 Å². The first kappa shape index (κ1) is 24.0. The Morgan fingerprint density at radius 1 is 0.450 bits per heavy atom. The van der Waals surface area contributed by atoms with Crippen molar-refractivity contribution >= 4 is 11.4 Å². The zero-order chi connectivity index (χ0) is 27.1. The van der Waals surface area contributed by atoms with Gasteiger partial charge in [0.15, 0.2) is 17.5 Å². The van der Waals surface area contributed by atoms with E-state index in [4.69, 9.17) is 15.0 Å². The summed E-state index contributed by atoms with van der Waals surface area (Å²) in [4.78, 5) is 14.6. The number of nitrogens with one attached hydrogen (secondary N) is 1. The molecule has 1 aliphatic rings. The maximum Gasteiger partial charge on any atom is 0.164 e. The Labute approximate surface area is 234 Å². The summed E-state index contributed by atoms with van der Waals surface area (Å²) in [6.45, 7) is 4.60. The quantitative estimate of drug-likeness (QED) is 0.254. The van der Waals surface area contributed by atoms with Crippen molar-refractivity contribution in [2.45, 2.75) is 19.3 Å². The predicted molar refractivity (Wildman–Crippen MR) is 163 cm³/mol. The predicted octanol–water partition coefficient (Wildman–Crippen LogP) is 8.92. The lowest BCUT2D eigenvalue weighted by atomic mass is 9.73. The second-order valence-electron chi connectivity index (χ2n) is 10.6. The van der Waals surface area contributed by atoms with Gasteiger partial charge in [-0.1, -0.05) is 135 Å². The molecule has 5 aromatic carbocycles. The highest BCUT2D eigenvalue weighted by Crippen LogP contribution is 2.48. The molecule has 6 aromatic rings. The second kappa shape index (κ2) is 9.58. The minimum Gasteiger partial charge on any atom is -0.355 e. The number of hydrogen-bond acceptors (Lipinski definition) is 4. The molecular weight excluding hydrogens is 488 g/mol. The summed E-state index contributed by atoms with van der Waals surface area (Å²) in [6, 6.07) is 43.8. The zero-order valence-electron chi connectivity index (χ0n) is 22.5. The van der Waals surface area contributed by atoms with Crippen molar-refractivity contribution in [1.82, 2.24) is 15.0 Å². The van der Waals surface area contributed by atoms with E-state index in [1.807, 2.05) is 60.7 Å². The van der Waals surface area contributed by atoms with Crippen LogP contribution in [0.3, 0.4) is 0 Å². The van der Waals surface area contributed by atoms with Crippen LogP contribution < -0.4 is 5.32 Å². The van der Waals surface area contributed by atoms with Crippen LogP contribution in [0.2, 0.25) is 0 Å². The molecule has 4 heteroatoms. The van der Waals surface area contributed by atoms with Crippen LogP contribution >= 0.6 is 0 Å². The van der Waals surface area contributed by atoms with Crippen molar-refractivity contribution in [3.8, 4) is 45.3 Å². The standard InChI is InChI=1S/C36H28N4/c1-36(2)29-17-9-10-19-31(29)37-32-28(16-11-18-30(32)36)24-20-22-27(23-21-24)35-39-33(25-12-5-3-6-13-25)38-34(40-35)26-14-7-4-8-15-26/h3-23,37H,1-2H3. The summed E-state index contributed by atoms with van der Waals surface area (Å²) in [6.07, 6.45) is 0. The van der Waals surface area contributed by atoms with E-state index >= 15 is 0 Å². The lowest BCUT2D eigenvalue weighted by molar-refractivity contribution is 0.638. The number of fused-ring (bicyclic) bond motifs is 2. The maximum absolute atomic E-state index is 4.88. The Morgan fingerprint density at radius 2 is 0.925 bits per heavy atom. The lowest BCUT2D eigenvalue weighted by Gasteiger charge is -2.36. The number of benzene rings is 5. The normalized spacial score (nSPS) is 13.2. The van der Waals surface area contributed by atoms with E-state index in [1.54, 1.807) is 0 Å². The first-order chi connectivity index (χ1) is 19.6. The average molecular weight is 517 g/mol. The molecule has 0 bridgehead atoms. The van der Waals surface area contributed by atoms with Crippen molar-refractivity contribution in [3.05, 3.63) is 139 Å². The van der Waals surface area contributed by atoms with Crippen molar-refractivity contribution in [2.24, 2.45) is 0 Å². The number of para-hydroxylation sites is 2. The van der Waals surface area contributed by atoms with Gasteiger partial charge in [-0.05, 0) is 22.8 Å². The van der Waals surface area contributed by atoms with Crippen LogP contribution in [0.5, 0.6) is 0 Å². The first-order valence-electron chi connectivity index (χ1n) is 13.6. The highest BCUT2D eigenvalue weighted by atomic mass is 15.0. The van der Waals surface area contributed by atoms with Gasteiger partial charge in [0.25, 0.3) is 0 Å². The van der Waals surface area contributed by atoms with E-state index in [2.05, 4.69) is 85.9 Å². The first-order valence-corrected chi connectivity index (χ1v) is 13.6. The fourth-order valence-corrected chi connectivity index (χ4v) is 5.60. The van der Waals surface area contributed by atoms with E-state index < -0.39 is 0 Å². The van der Waals surface area contributed by atoms with E-state index in [9.17, 15) is 0 Å². The maximum atomic E-state index is 4.88. The van der Waals surface area contributed by atoms with Crippen LogP contribution in [-0.4, -0.2) is 15.0 Å². The molecule has 1 N–H and O–H groups in total. The molecule has 0 saturated carbocycles. The summed E-state index contributed by atoms with van der Waals surface area (Å²) >= 11 is 0. The number of nitrogens with zero attached hydrogens (tertiary/aromatic N) is 3. The van der Waals surface area contributed by atoms with Crippen molar-refractivity contribution < 1.29 is 0 Å². The molecule has 1 aliphatic heterocycles. The number of anilines is 2. The topological polar surface area (TPSA) is 50.7 Å². The Hall–Kier alpha value is -5.09. The molecule has 0 spiro atoms. The number of rotatable bonds is 4. The molecule has 0 aliphatic carbocycles. The molecule has 1 aromatic heterocycles. The van der Waals surface area contributed by atoms with Gasteiger partial charge in [-0.15, -0.1) is 0 Å². The third kappa shape index (κ3) is 4.15. The Kier molecular flexibility index (Phi) is 5.75. The minimum absolute atomic E-state index is 0.0975. The summed E-state index contributed by atoms with van der Waals surface area (Å²) in [7, 11) is 0. The summed E-state index contributed by atoms with van der Waals surface area (Å²) in [5.41, 5.74) is 10.0. The monoisotopic (exact) mass is 516 g/mol. The molecule has 0 atom stereocenters. The largest absolute Gasteiger partial charge is 0.355 e. The van der Waals surface area contributed by atoms with Crippen LogP contribution in [0.25, 0.3) is 45.3 Å². The van der Waals surface area contributed by atoms with Crippen LogP contribution in [0.1, 0.15) is 25.0 Å². The molecule has 7 rings (SSSR count). The van der Waals surface area contributed by atoms with E-state index in [0.717, 1.165) is 33.6 Å². The summed E-state index contributed by atoms with van der Waals surface area (Å²) < 4.78 is 0. The van der Waals surface area contributed by atoms with Crippen molar-refractivity contribution in [1.29, 1.82) is 0 Å². The fourth-order valence-electron chi connectivity index (χ4n) is 5.60. The highest BCUT2D eigenvalue weighted by Gasteiger charge is 2.33. The van der Waals surface area contributed by atoms with Crippen LogP contribution in [-0.2, 0) is 5.41 Å². The van der Waals surface area contributed by atoms with Gasteiger partial charge in [-0.25, -0.2) is 15.0 Å². The van der Waals surface area contributed by atoms with Gasteiger partial charge in [0.05, 0.1) is 5.69 Å². The molecule has 40 heavy (non-hydrogen) atoms. The molecule has 0 saturated heterocycles. The van der Waals surface area contributed by atoms with Crippen LogP contribution in [0.15, 0.2) is 127 Å². The SMILES string of the molecule is CC1(C)c2ccccc2Nc2c(-c3ccc(-c4nc(-c5ccccc5)nc(-c5ccccc5)n4)cc3)cccc21. The van der Waals surface area contributed by atoms with Gasteiger partial charge in [-0.3, -0.25) is 0 Å². The van der Waals surface area contributed by atoms with E-state index in [-0.39, 0.29) is 5.41 Å². The molecule has 2 heterocycles. The highest BCUT2D eigenvalue weighted by molar-refractivity contribution is 5.88. The molecule has 0 amide bonds. The van der Waals surface area contributed by atoms with Gasteiger partial charge >= 0.3 is 0 Å². The van der Waals surface area contributed by atoms with Gasteiger partial charge in [0, 0.05) is 33.4 Å². The average Bonchev–Trinajstić information content (AvgIpc) is 3.02. The molecule has 192 valence electrons. The molecule has 0 unspecified atom stereocenters. The second-order valence-corrected chi connectivity index (χ2v) is 10.6. The Balaban J connectivity index is 1.30. The van der Waals surface area contributed by atoms with Crippen LogP contribution in [0, 0.1) is 0 Å². The third-order valence-corrected chi connectivity index (χ3v) is 7.75. The number of hydrogen-bond donors (Lipinski definition) is 1. The van der Waals surface area contributed by atoms with E-state index in [0.29, 0.717) is 17.5 Å². The third-order valence-electron chi connectivity index (χ3n) is 7.75. The molecular formula is C36H28N4. The Morgan fingerprint density at radius 3 is 1.52 bits per heavy atom. The Bertz CT molecular complexity index is 1770. The van der Waals surface area contributed by atoms with Gasteiger partial charge in [-0.2, -0.15) is 0 Å². The van der Waals surface area contributed by atoms with E-state index in [1.165, 1.54) is 16.7 Å². The summed E-state index contributed by atoms with van der Waals surface area (Å²) in [5, 5.41) is 3.73. The lowest BCUT2D eigenvalue weighted by Crippen LogP contribution is -2.26. The minimum atomic E-state index is -0.0975.